The Morgan fingerprint density at radius 2 is 1.68 bits per heavy atom. The van der Waals surface area contributed by atoms with Gasteiger partial charge in [0.05, 0.1) is 18.6 Å². The first-order valence-corrected chi connectivity index (χ1v) is 14.2. The zero-order chi connectivity index (χ0) is 26.2. The quantitative estimate of drug-likeness (QED) is 0.438. The van der Waals surface area contributed by atoms with Gasteiger partial charge in [-0.1, -0.05) is 51.1 Å². The molecule has 37 heavy (non-hydrogen) atoms. The number of piperidine rings is 1. The molecule has 2 aromatic rings. The van der Waals surface area contributed by atoms with Crippen molar-refractivity contribution >= 4 is 17.6 Å². The van der Waals surface area contributed by atoms with E-state index in [1.165, 1.54) is 6.42 Å². The second kappa shape index (κ2) is 10.5. The minimum Gasteiger partial charge on any atom is -0.462 e. The number of hydrogen-bond donors (Lipinski definition) is 0. The van der Waals surface area contributed by atoms with E-state index in [9.17, 15) is 9.59 Å². The van der Waals surface area contributed by atoms with Crippen LogP contribution in [0.15, 0.2) is 54.6 Å². The van der Waals surface area contributed by atoms with Crippen LogP contribution in [-0.2, 0) is 16.0 Å². The van der Waals surface area contributed by atoms with Gasteiger partial charge in [0, 0.05) is 30.9 Å². The first-order chi connectivity index (χ1) is 17.8. The largest absolute Gasteiger partial charge is 0.462 e. The summed E-state index contributed by atoms with van der Waals surface area (Å²) in [5.74, 6) is 1.99. The van der Waals surface area contributed by atoms with Gasteiger partial charge in [-0.3, -0.25) is 4.79 Å². The van der Waals surface area contributed by atoms with Crippen LogP contribution in [0.4, 0.5) is 5.69 Å². The van der Waals surface area contributed by atoms with Gasteiger partial charge in [-0.25, -0.2) is 4.79 Å². The molecule has 2 aromatic carbocycles. The lowest BCUT2D eigenvalue weighted by Crippen LogP contribution is -2.64. The highest BCUT2D eigenvalue weighted by Gasteiger charge is 2.58. The predicted octanol–water partition coefficient (Wildman–Crippen LogP) is 5.97. The zero-order valence-corrected chi connectivity index (χ0v) is 22.9. The van der Waals surface area contributed by atoms with E-state index in [0.29, 0.717) is 47.8 Å². The molecular formula is C32H42N2O3. The lowest BCUT2D eigenvalue weighted by molar-refractivity contribution is -0.163. The Kier molecular flexibility index (Phi) is 7.33. The molecule has 4 aliphatic rings. The van der Waals surface area contributed by atoms with Gasteiger partial charge in [0.15, 0.2) is 0 Å². The summed E-state index contributed by atoms with van der Waals surface area (Å²) in [6.45, 7) is 11.3. The number of hydrogen-bond acceptors (Lipinski definition) is 4. The van der Waals surface area contributed by atoms with Crippen LogP contribution in [0.2, 0.25) is 0 Å². The molecule has 198 valence electrons. The van der Waals surface area contributed by atoms with Crippen molar-refractivity contribution in [3.63, 3.8) is 0 Å². The number of carbonyl (C=O) groups excluding carboxylic acids is 2. The highest BCUT2D eigenvalue weighted by Crippen LogP contribution is 2.62. The molecule has 3 aliphatic carbocycles. The monoisotopic (exact) mass is 502 g/mol. The van der Waals surface area contributed by atoms with Gasteiger partial charge in [0.1, 0.15) is 0 Å². The summed E-state index contributed by atoms with van der Waals surface area (Å²) >= 11 is 0. The van der Waals surface area contributed by atoms with Crippen molar-refractivity contribution in [2.45, 2.75) is 71.9 Å². The Morgan fingerprint density at radius 1 is 1.00 bits per heavy atom. The van der Waals surface area contributed by atoms with Gasteiger partial charge in [-0.2, -0.15) is 0 Å². The Hall–Kier alpha value is -2.82. The Morgan fingerprint density at radius 3 is 2.27 bits per heavy atom. The summed E-state index contributed by atoms with van der Waals surface area (Å²) in [5, 5.41) is 0. The van der Waals surface area contributed by atoms with Gasteiger partial charge in [-0.05, 0) is 85.6 Å². The molecule has 1 amide bonds. The molecule has 0 aromatic heterocycles. The van der Waals surface area contributed by atoms with E-state index < -0.39 is 0 Å². The first kappa shape index (κ1) is 25.8. The van der Waals surface area contributed by atoms with Crippen LogP contribution in [0.3, 0.4) is 0 Å². The fourth-order valence-corrected chi connectivity index (χ4v) is 7.44. The van der Waals surface area contributed by atoms with Crippen molar-refractivity contribution in [3.8, 4) is 0 Å². The fraction of sp³-hybridized carbons (Fsp3) is 0.562. The maximum atomic E-state index is 13.9. The van der Waals surface area contributed by atoms with E-state index in [1.54, 1.807) is 0 Å². The van der Waals surface area contributed by atoms with Crippen LogP contribution in [0.5, 0.6) is 0 Å². The Bertz CT molecular complexity index is 1090. The predicted molar refractivity (Wildman–Crippen MR) is 148 cm³/mol. The molecule has 5 heteroatoms. The molecule has 0 unspecified atom stereocenters. The molecule has 4 fully saturated rings. The highest BCUT2D eigenvalue weighted by molar-refractivity contribution is 5.89. The third kappa shape index (κ3) is 5.02. The number of amides is 1. The van der Waals surface area contributed by atoms with Crippen molar-refractivity contribution in [1.29, 1.82) is 0 Å². The molecule has 6 rings (SSSR count). The van der Waals surface area contributed by atoms with Gasteiger partial charge < -0.3 is 14.5 Å². The number of carbonyl (C=O) groups is 2. The summed E-state index contributed by atoms with van der Waals surface area (Å²) in [5.41, 5.74) is 3.22. The van der Waals surface area contributed by atoms with Crippen molar-refractivity contribution in [2.75, 3.05) is 24.6 Å². The summed E-state index contributed by atoms with van der Waals surface area (Å²) < 4.78 is 5.12. The minimum absolute atomic E-state index is 0.275. The summed E-state index contributed by atoms with van der Waals surface area (Å²) in [4.78, 5) is 30.7. The highest BCUT2D eigenvalue weighted by atomic mass is 16.5. The normalized spacial score (nSPS) is 26.8. The van der Waals surface area contributed by atoms with Crippen LogP contribution < -0.4 is 4.90 Å². The van der Waals surface area contributed by atoms with E-state index >= 15 is 0 Å². The molecular weight excluding hydrogens is 460 g/mol. The summed E-state index contributed by atoms with van der Waals surface area (Å²) in [6, 6.07) is 18.6. The SMILES string of the molecule is CCOC(=O)c1ccc(N2CCC(N(C(=O)Cc3ccccc3)[C@H]3C[C@@H]4C[C@@H]([C@H]3C)C4(C)C)CC2)cc1. The van der Waals surface area contributed by atoms with Gasteiger partial charge in [0.2, 0.25) is 5.91 Å². The smallest absolute Gasteiger partial charge is 0.338 e. The molecule has 1 aliphatic heterocycles. The van der Waals surface area contributed by atoms with Crippen LogP contribution in [-0.4, -0.2) is 48.6 Å². The number of esters is 1. The van der Waals surface area contributed by atoms with E-state index in [0.717, 1.165) is 49.5 Å². The lowest BCUT2D eigenvalue weighted by atomic mass is 9.44. The second-order valence-electron chi connectivity index (χ2n) is 12.0. The number of fused-ring (bicyclic) bond motifs is 2. The summed E-state index contributed by atoms with van der Waals surface area (Å²) in [7, 11) is 0. The lowest BCUT2D eigenvalue weighted by Gasteiger charge is -2.64. The number of anilines is 1. The molecule has 0 radical (unpaired) electrons. The average Bonchev–Trinajstić information content (AvgIpc) is 2.90. The van der Waals surface area contributed by atoms with Crippen LogP contribution in [0.1, 0.15) is 69.3 Å². The molecule has 1 heterocycles. The minimum atomic E-state index is -0.275. The van der Waals surface area contributed by atoms with E-state index in [2.05, 4.69) is 42.7 Å². The maximum Gasteiger partial charge on any atom is 0.338 e. The van der Waals surface area contributed by atoms with E-state index in [1.807, 2.05) is 49.4 Å². The fourth-order valence-electron chi connectivity index (χ4n) is 7.44. The van der Waals surface area contributed by atoms with Gasteiger partial charge in [-0.15, -0.1) is 0 Å². The third-order valence-electron chi connectivity index (χ3n) is 9.76. The first-order valence-electron chi connectivity index (χ1n) is 14.2. The number of ether oxygens (including phenoxy) is 1. The van der Waals surface area contributed by atoms with Crippen molar-refractivity contribution in [2.24, 2.45) is 23.2 Å². The zero-order valence-electron chi connectivity index (χ0n) is 22.9. The molecule has 0 spiro atoms. The third-order valence-corrected chi connectivity index (χ3v) is 9.76. The van der Waals surface area contributed by atoms with Crippen molar-refractivity contribution in [3.05, 3.63) is 65.7 Å². The molecule has 3 saturated carbocycles. The molecule has 0 N–H and O–H groups in total. The molecule has 1 saturated heterocycles. The standard InChI is InChI=1S/C32H42N2O3/c1-5-37-31(36)24-11-13-26(14-12-24)33-17-15-27(16-18-33)34(30(35)19-23-9-7-6-8-10-23)29-21-25-20-28(22(29)2)32(25,3)4/h6-14,22,25,27-29H,5,15-21H2,1-4H3/t22-,25+,28+,29+/m1/s1. The number of benzene rings is 2. The Balaban J connectivity index is 1.30. The second-order valence-corrected chi connectivity index (χ2v) is 12.0. The molecule has 2 bridgehead atoms. The molecule has 4 atom stereocenters. The molecule has 5 nitrogen and oxygen atoms in total. The van der Waals surface area contributed by atoms with Crippen LogP contribution >= 0.6 is 0 Å². The number of nitrogens with zero attached hydrogens (tertiary/aromatic N) is 2. The van der Waals surface area contributed by atoms with Crippen molar-refractivity contribution < 1.29 is 14.3 Å². The number of rotatable bonds is 7. The van der Waals surface area contributed by atoms with E-state index in [-0.39, 0.29) is 12.0 Å². The van der Waals surface area contributed by atoms with Crippen LogP contribution in [0.25, 0.3) is 0 Å². The van der Waals surface area contributed by atoms with E-state index in [4.69, 9.17) is 4.74 Å². The van der Waals surface area contributed by atoms with Gasteiger partial charge in [0.25, 0.3) is 0 Å². The maximum absolute atomic E-state index is 13.9. The average molecular weight is 503 g/mol. The topological polar surface area (TPSA) is 49.9 Å². The van der Waals surface area contributed by atoms with Gasteiger partial charge >= 0.3 is 5.97 Å². The Labute approximate surface area is 222 Å². The van der Waals surface area contributed by atoms with Crippen molar-refractivity contribution in [1.82, 2.24) is 4.90 Å². The summed E-state index contributed by atoms with van der Waals surface area (Å²) in [6.07, 6.45) is 4.90. The van der Waals surface area contributed by atoms with Crippen LogP contribution in [0, 0.1) is 23.2 Å².